The summed E-state index contributed by atoms with van der Waals surface area (Å²) in [7, 11) is 1.50. The van der Waals surface area contributed by atoms with Crippen molar-refractivity contribution in [3.05, 3.63) is 126 Å². The molecule has 0 amide bonds. The third-order valence-corrected chi connectivity index (χ3v) is 8.02. The van der Waals surface area contributed by atoms with Crippen LogP contribution in [0.5, 0.6) is 0 Å². The highest BCUT2D eigenvalue weighted by atomic mass is 35.5. The van der Waals surface area contributed by atoms with E-state index in [1.165, 1.54) is 30.2 Å². The first kappa shape index (κ1) is 46.3. The van der Waals surface area contributed by atoms with E-state index in [-0.39, 0.29) is 16.9 Å². The number of rotatable bonds is 4. The van der Waals surface area contributed by atoms with Crippen LogP contribution in [0.3, 0.4) is 0 Å². The summed E-state index contributed by atoms with van der Waals surface area (Å²) in [4.78, 5) is 7.17. The fourth-order valence-electron chi connectivity index (χ4n) is 5.81. The Bertz CT molecular complexity index is 1480. The largest absolute Gasteiger partial charge is 0.363 e. The maximum atomic E-state index is 14.9. The Labute approximate surface area is 310 Å². The number of nitrogens with one attached hydrogen (secondary N) is 1. The Hall–Kier alpha value is -3.67. The second-order valence-electron chi connectivity index (χ2n) is 12.6. The Morgan fingerprint density at radius 1 is 1.06 bits per heavy atom. The first-order valence-electron chi connectivity index (χ1n) is 18.2. The number of benzene rings is 2. The lowest BCUT2D eigenvalue weighted by atomic mass is 9.85. The zero-order valence-corrected chi connectivity index (χ0v) is 33.6. The van der Waals surface area contributed by atoms with Gasteiger partial charge < -0.3 is 16.0 Å². The van der Waals surface area contributed by atoms with Crippen LogP contribution in [0.4, 0.5) is 10.1 Å². The van der Waals surface area contributed by atoms with Gasteiger partial charge in [-0.15, -0.1) is 13.2 Å². The number of aryl methyl sites for hydroxylation is 1. The standard InChI is InChI=1S/C32H33ClFN3.C4H10.C3H8.C2H6.C2H4.CH5N/c1-5-35-25-10-11-26-23-13-15-36-29(18-23)30(8-6-7-20(2)27(26)19-25)37-16-14-24(17-22(37)4)31-21(3)9-12-28(33)32(31)34;1-4(2)3;1-3-2;3*1-2/h5,9-13,15,17-20,30,35H,1,4,6-8,14,16H2,2-3H3;4H,1-3H3;3H2,1-2H3;1-2H3;1-2H2;2H2,1H3. The molecule has 4 nitrogen and oxygen atoms in total. The van der Waals surface area contributed by atoms with Crippen LogP contribution in [0.1, 0.15) is 122 Å². The van der Waals surface area contributed by atoms with Gasteiger partial charge in [-0.25, -0.2) is 4.39 Å². The van der Waals surface area contributed by atoms with Crippen molar-refractivity contribution in [2.45, 2.75) is 106 Å². The molecule has 1 aliphatic heterocycles. The fourth-order valence-corrected chi connectivity index (χ4v) is 5.97. The van der Waals surface area contributed by atoms with Crippen molar-refractivity contribution in [2.24, 2.45) is 11.7 Å². The molecule has 0 spiro atoms. The molecule has 3 N–H and O–H groups in total. The summed E-state index contributed by atoms with van der Waals surface area (Å²) in [5, 5.41) is 3.39. The molecule has 2 atom stereocenters. The number of allylic oxidation sites excluding steroid dienone is 1. The lowest BCUT2D eigenvalue weighted by Crippen LogP contribution is -2.32. The van der Waals surface area contributed by atoms with Gasteiger partial charge in [-0.05, 0) is 116 Å². The minimum atomic E-state index is -0.346. The second kappa shape index (κ2) is 25.3. The Balaban J connectivity index is 0.00000163. The summed E-state index contributed by atoms with van der Waals surface area (Å²) in [6.45, 7) is 33.9. The van der Waals surface area contributed by atoms with Crippen LogP contribution in [0, 0.1) is 18.7 Å². The number of nitrogens with zero attached hydrogens (tertiary/aromatic N) is 2. The maximum absolute atomic E-state index is 14.9. The predicted octanol–water partition coefficient (Wildman–Crippen LogP) is 13.5. The van der Waals surface area contributed by atoms with Crippen molar-refractivity contribution in [3.63, 3.8) is 0 Å². The molecular formula is C44H66ClFN4. The van der Waals surface area contributed by atoms with Crippen LogP contribution in [-0.2, 0) is 0 Å². The first-order valence-corrected chi connectivity index (χ1v) is 18.6. The summed E-state index contributed by atoms with van der Waals surface area (Å²) >= 11 is 6.11. The minimum Gasteiger partial charge on any atom is -0.363 e. The fraction of sp³-hybridized carbons (Fsp3) is 0.432. The quantitative estimate of drug-likeness (QED) is 0.265. The number of pyridine rings is 1. The van der Waals surface area contributed by atoms with E-state index in [0.29, 0.717) is 11.5 Å². The topological polar surface area (TPSA) is 54.2 Å². The van der Waals surface area contributed by atoms with Gasteiger partial charge in [0.05, 0.1) is 16.8 Å². The van der Waals surface area contributed by atoms with Crippen LogP contribution in [0.2, 0.25) is 5.02 Å². The normalized spacial score (nSPS) is 15.9. The molecule has 5 rings (SSSR count). The number of fused-ring (bicyclic) bond motifs is 4. The predicted molar refractivity (Wildman–Crippen MR) is 222 cm³/mol. The molecule has 2 aliphatic rings. The number of nitrogens with two attached hydrogens (primary N) is 1. The Morgan fingerprint density at radius 3 is 2.26 bits per heavy atom. The van der Waals surface area contributed by atoms with Gasteiger partial charge in [0.1, 0.15) is 5.82 Å². The number of aromatic nitrogens is 1. The molecule has 1 aliphatic carbocycles. The van der Waals surface area contributed by atoms with Crippen LogP contribution < -0.4 is 11.1 Å². The molecule has 0 saturated heterocycles. The number of anilines is 1. The summed E-state index contributed by atoms with van der Waals surface area (Å²) in [5.74, 6) is 0.906. The van der Waals surface area contributed by atoms with Crippen LogP contribution in [0.25, 0.3) is 16.7 Å². The van der Waals surface area contributed by atoms with Crippen molar-refractivity contribution in [3.8, 4) is 11.1 Å². The van der Waals surface area contributed by atoms with Crippen molar-refractivity contribution in [2.75, 3.05) is 18.9 Å². The first-order chi connectivity index (χ1) is 24.0. The monoisotopic (exact) mass is 704 g/mol. The molecule has 2 aromatic carbocycles. The molecular weight excluding hydrogens is 639 g/mol. The van der Waals surface area contributed by atoms with Gasteiger partial charge >= 0.3 is 0 Å². The molecule has 3 aromatic rings. The third kappa shape index (κ3) is 13.6. The van der Waals surface area contributed by atoms with E-state index in [9.17, 15) is 4.39 Å². The number of halogens is 2. The molecule has 0 fully saturated rings. The van der Waals surface area contributed by atoms with E-state index in [4.69, 9.17) is 16.6 Å². The van der Waals surface area contributed by atoms with Gasteiger partial charge in [-0.3, -0.25) is 4.98 Å². The summed E-state index contributed by atoms with van der Waals surface area (Å²) in [5.41, 5.74) is 13.7. The van der Waals surface area contributed by atoms with Crippen LogP contribution >= 0.6 is 11.6 Å². The van der Waals surface area contributed by atoms with Crippen LogP contribution in [0.15, 0.2) is 93.0 Å². The highest BCUT2D eigenvalue weighted by Crippen LogP contribution is 2.41. The Kier molecular flexibility index (Phi) is 23.4. The molecule has 50 heavy (non-hydrogen) atoms. The summed E-state index contributed by atoms with van der Waals surface area (Å²) in [6, 6.07) is 14.5. The van der Waals surface area contributed by atoms with Gasteiger partial charge in [0.25, 0.3) is 0 Å². The molecule has 2 bridgehead atoms. The van der Waals surface area contributed by atoms with Gasteiger partial charge in [0.15, 0.2) is 0 Å². The highest BCUT2D eigenvalue weighted by molar-refractivity contribution is 6.31. The number of hydrogen-bond acceptors (Lipinski definition) is 4. The van der Waals surface area contributed by atoms with Crippen molar-refractivity contribution in [1.82, 2.24) is 9.88 Å². The number of hydrogen-bond donors (Lipinski definition) is 2. The summed E-state index contributed by atoms with van der Waals surface area (Å²) < 4.78 is 14.9. The van der Waals surface area contributed by atoms with E-state index < -0.39 is 0 Å². The highest BCUT2D eigenvalue weighted by Gasteiger charge is 2.28. The molecule has 6 heteroatoms. The van der Waals surface area contributed by atoms with E-state index >= 15 is 0 Å². The second-order valence-corrected chi connectivity index (χ2v) is 13.0. The molecule has 0 saturated carbocycles. The van der Waals surface area contributed by atoms with Crippen molar-refractivity contribution in [1.29, 1.82) is 0 Å². The average Bonchev–Trinajstić information content (AvgIpc) is 3.11. The minimum absolute atomic E-state index is 0.117. The maximum Gasteiger partial charge on any atom is 0.149 e. The smallest absolute Gasteiger partial charge is 0.149 e. The average molecular weight is 705 g/mol. The van der Waals surface area contributed by atoms with E-state index in [1.807, 2.05) is 39.1 Å². The van der Waals surface area contributed by atoms with Gasteiger partial charge in [-0.1, -0.05) is 105 Å². The molecule has 2 unspecified atom stereocenters. The lowest BCUT2D eigenvalue weighted by molar-refractivity contribution is 0.240. The molecule has 0 radical (unpaired) electrons. The molecule has 276 valence electrons. The molecule has 1 aromatic heterocycles. The van der Waals surface area contributed by atoms with Gasteiger partial charge in [0, 0.05) is 29.7 Å². The Morgan fingerprint density at radius 2 is 1.68 bits per heavy atom. The zero-order valence-electron chi connectivity index (χ0n) is 32.8. The van der Waals surface area contributed by atoms with E-state index in [2.05, 4.69) is 114 Å². The molecule has 2 heterocycles. The zero-order chi connectivity index (χ0) is 38.4. The summed E-state index contributed by atoms with van der Waals surface area (Å²) in [6.07, 6.45) is 10.8. The van der Waals surface area contributed by atoms with Gasteiger partial charge in [0.2, 0.25) is 0 Å². The van der Waals surface area contributed by atoms with Crippen LogP contribution in [-0.4, -0.2) is 23.5 Å². The van der Waals surface area contributed by atoms with Crippen molar-refractivity contribution < 1.29 is 4.39 Å². The van der Waals surface area contributed by atoms with E-state index in [0.717, 1.165) is 66.4 Å². The lowest BCUT2D eigenvalue weighted by Gasteiger charge is -2.38. The SMILES string of the molecule is C=C.C=CNc1ccc2c(c1)C(C)CCCC(N1CCC(c3c(C)ccc(Cl)c3F)=CC1=C)c1cc-2ccn1.CC.CC(C)C.CCC.CN. The van der Waals surface area contributed by atoms with Gasteiger partial charge in [-0.2, -0.15) is 0 Å². The third-order valence-electron chi connectivity index (χ3n) is 7.73. The van der Waals surface area contributed by atoms with Crippen molar-refractivity contribution >= 4 is 22.9 Å². The van der Waals surface area contributed by atoms with E-state index in [1.54, 1.807) is 12.3 Å².